The Hall–Kier alpha value is -3.22. The van der Waals surface area contributed by atoms with Gasteiger partial charge in [0.1, 0.15) is 11.8 Å². The summed E-state index contributed by atoms with van der Waals surface area (Å²) in [5.74, 6) is 0.225. The number of nitrogens with one attached hydrogen (secondary N) is 2. The molecular formula is C24H24N4O2. The van der Waals surface area contributed by atoms with Crippen molar-refractivity contribution < 1.29 is 9.90 Å². The number of hydrazine groups is 1. The van der Waals surface area contributed by atoms with Crippen molar-refractivity contribution in [1.82, 2.24) is 20.7 Å². The molecule has 1 aromatic heterocycles. The molecular weight excluding hydrogens is 376 g/mol. The van der Waals surface area contributed by atoms with E-state index >= 15 is 0 Å². The number of para-hydroxylation sites is 1. The van der Waals surface area contributed by atoms with Crippen LogP contribution in [0, 0.1) is 12.8 Å². The zero-order valence-electron chi connectivity index (χ0n) is 16.7. The van der Waals surface area contributed by atoms with E-state index in [1.54, 1.807) is 18.5 Å². The molecule has 0 spiro atoms. The number of amides is 1. The van der Waals surface area contributed by atoms with Crippen LogP contribution in [0.5, 0.6) is 5.75 Å². The van der Waals surface area contributed by atoms with Gasteiger partial charge in [0.25, 0.3) is 0 Å². The number of phenolic OH excluding ortho intramolecular Hbond substituents is 1. The number of carbonyl (C=O) groups excluding carboxylic acids is 1. The van der Waals surface area contributed by atoms with Crippen LogP contribution in [0.4, 0.5) is 0 Å². The van der Waals surface area contributed by atoms with E-state index in [-0.39, 0.29) is 35.7 Å². The number of benzene rings is 2. The molecule has 2 aliphatic heterocycles. The van der Waals surface area contributed by atoms with Gasteiger partial charge in [-0.05, 0) is 30.2 Å². The summed E-state index contributed by atoms with van der Waals surface area (Å²) >= 11 is 0. The molecule has 6 nitrogen and oxygen atoms in total. The monoisotopic (exact) mass is 400 g/mol. The smallest absolute Gasteiger partial charge is 0.242 e. The molecule has 0 radical (unpaired) electrons. The normalized spacial score (nSPS) is 25.5. The van der Waals surface area contributed by atoms with Crippen molar-refractivity contribution in [2.45, 2.75) is 31.6 Å². The second-order valence-corrected chi connectivity index (χ2v) is 8.06. The second-order valence-electron chi connectivity index (χ2n) is 8.06. The number of aryl methyl sites for hydroxylation is 1. The van der Waals surface area contributed by atoms with Crippen LogP contribution < -0.4 is 10.9 Å². The van der Waals surface area contributed by atoms with E-state index in [9.17, 15) is 9.90 Å². The fraction of sp³-hybridized carbons (Fsp3) is 0.250. The van der Waals surface area contributed by atoms with E-state index in [2.05, 4.69) is 47.0 Å². The lowest BCUT2D eigenvalue weighted by atomic mass is 9.83. The molecule has 3 aromatic rings. The van der Waals surface area contributed by atoms with Gasteiger partial charge >= 0.3 is 0 Å². The first-order chi connectivity index (χ1) is 14.6. The third-order valence-corrected chi connectivity index (χ3v) is 6.18. The number of likely N-dealkylation sites (tertiary alicyclic amines) is 1. The number of hydrogen-bond donors (Lipinski definition) is 3. The number of aromatic hydroxyl groups is 1. The molecule has 2 aliphatic rings. The Morgan fingerprint density at radius 3 is 2.50 bits per heavy atom. The fourth-order valence-electron chi connectivity index (χ4n) is 4.74. The lowest BCUT2D eigenvalue weighted by Crippen LogP contribution is -2.41. The van der Waals surface area contributed by atoms with E-state index in [1.165, 1.54) is 5.56 Å². The van der Waals surface area contributed by atoms with Gasteiger partial charge < -0.3 is 10.0 Å². The van der Waals surface area contributed by atoms with Crippen LogP contribution in [0.15, 0.2) is 73.1 Å². The Kier molecular flexibility index (Phi) is 4.73. The molecule has 0 aliphatic carbocycles. The van der Waals surface area contributed by atoms with Crippen molar-refractivity contribution in [3.8, 4) is 5.75 Å². The minimum absolute atomic E-state index is 0.0554. The molecule has 5 rings (SSSR count). The number of rotatable bonds is 4. The van der Waals surface area contributed by atoms with Crippen LogP contribution in [-0.2, 0) is 11.3 Å². The summed E-state index contributed by atoms with van der Waals surface area (Å²) in [4.78, 5) is 19.6. The number of aromatic nitrogens is 1. The van der Waals surface area contributed by atoms with Gasteiger partial charge in [-0.2, -0.15) is 0 Å². The zero-order valence-corrected chi connectivity index (χ0v) is 16.7. The van der Waals surface area contributed by atoms with Gasteiger partial charge in [0.05, 0.1) is 12.1 Å². The summed E-state index contributed by atoms with van der Waals surface area (Å²) in [5.41, 5.74) is 10.5. The van der Waals surface area contributed by atoms with Crippen LogP contribution in [0.1, 0.15) is 34.3 Å². The Morgan fingerprint density at radius 2 is 1.77 bits per heavy atom. The molecule has 0 saturated carbocycles. The molecule has 152 valence electrons. The Morgan fingerprint density at radius 1 is 1.00 bits per heavy atom. The predicted octanol–water partition coefficient (Wildman–Crippen LogP) is 3.01. The average molecular weight is 400 g/mol. The SMILES string of the molecule is Cc1ccc(C2C3C(NNC3c3ccccc3O)C(=O)N2Cc2cccnc2)cc1. The van der Waals surface area contributed by atoms with Crippen LogP contribution >= 0.6 is 0 Å². The van der Waals surface area contributed by atoms with Gasteiger partial charge in [-0.3, -0.25) is 9.78 Å². The van der Waals surface area contributed by atoms with Crippen LogP contribution in [0.25, 0.3) is 0 Å². The van der Waals surface area contributed by atoms with Gasteiger partial charge in [0, 0.05) is 30.4 Å². The molecule has 4 atom stereocenters. The number of nitrogens with zero attached hydrogens (tertiary/aromatic N) is 2. The average Bonchev–Trinajstić information content (AvgIpc) is 3.30. The van der Waals surface area contributed by atoms with Gasteiger partial charge in [0.2, 0.25) is 5.91 Å². The molecule has 30 heavy (non-hydrogen) atoms. The molecule has 2 fully saturated rings. The van der Waals surface area contributed by atoms with Crippen LogP contribution in [-0.4, -0.2) is 26.9 Å². The van der Waals surface area contributed by atoms with Crippen molar-refractivity contribution >= 4 is 5.91 Å². The highest BCUT2D eigenvalue weighted by atomic mass is 16.3. The van der Waals surface area contributed by atoms with Crippen molar-refractivity contribution in [2.75, 3.05) is 0 Å². The zero-order chi connectivity index (χ0) is 20.7. The standard InChI is InChI=1S/C24H24N4O2/c1-15-8-10-17(11-9-15)23-20-21(18-6-2-3-7-19(18)29)26-27-22(20)24(30)28(23)14-16-5-4-12-25-13-16/h2-13,20-23,26-27,29H,14H2,1H3. The summed E-state index contributed by atoms with van der Waals surface area (Å²) in [7, 11) is 0. The molecule has 4 unspecified atom stereocenters. The maximum Gasteiger partial charge on any atom is 0.242 e. The third-order valence-electron chi connectivity index (χ3n) is 6.18. The largest absolute Gasteiger partial charge is 0.508 e. The molecule has 2 aromatic carbocycles. The maximum absolute atomic E-state index is 13.4. The number of hydrogen-bond acceptors (Lipinski definition) is 5. The molecule has 1 amide bonds. The minimum atomic E-state index is -0.363. The third kappa shape index (κ3) is 3.14. The highest BCUT2D eigenvalue weighted by Crippen LogP contribution is 2.48. The number of fused-ring (bicyclic) bond motifs is 1. The van der Waals surface area contributed by atoms with Crippen LogP contribution in [0.3, 0.4) is 0 Å². The quantitative estimate of drug-likeness (QED) is 0.628. The first-order valence-corrected chi connectivity index (χ1v) is 10.2. The van der Waals surface area contributed by atoms with Crippen LogP contribution in [0.2, 0.25) is 0 Å². The molecule has 0 bridgehead atoms. The number of pyridine rings is 1. The van der Waals surface area contributed by atoms with E-state index < -0.39 is 0 Å². The van der Waals surface area contributed by atoms with Gasteiger partial charge in [-0.15, -0.1) is 0 Å². The first kappa shape index (κ1) is 18.8. The molecule has 6 heteroatoms. The minimum Gasteiger partial charge on any atom is -0.508 e. The summed E-state index contributed by atoms with van der Waals surface area (Å²) in [6, 6.07) is 18.9. The summed E-state index contributed by atoms with van der Waals surface area (Å²) in [6.07, 6.45) is 3.54. The highest BCUT2D eigenvalue weighted by molar-refractivity contribution is 5.86. The molecule has 3 heterocycles. The predicted molar refractivity (Wildman–Crippen MR) is 113 cm³/mol. The highest BCUT2D eigenvalue weighted by Gasteiger charge is 2.55. The van der Waals surface area contributed by atoms with Crippen molar-refractivity contribution in [1.29, 1.82) is 0 Å². The van der Waals surface area contributed by atoms with E-state index in [0.29, 0.717) is 6.54 Å². The van der Waals surface area contributed by atoms with Gasteiger partial charge in [0.15, 0.2) is 0 Å². The number of phenols is 1. The number of carbonyl (C=O) groups is 1. The van der Waals surface area contributed by atoms with Gasteiger partial charge in [-0.1, -0.05) is 54.1 Å². The summed E-state index contributed by atoms with van der Waals surface area (Å²) in [6.45, 7) is 2.55. The lowest BCUT2D eigenvalue weighted by Gasteiger charge is -2.31. The van der Waals surface area contributed by atoms with Crippen molar-refractivity contribution in [3.63, 3.8) is 0 Å². The lowest BCUT2D eigenvalue weighted by molar-refractivity contribution is -0.131. The van der Waals surface area contributed by atoms with Crippen molar-refractivity contribution in [3.05, 3.63) is 95.3 Å². The first-order valence-electron chi connectivity index (χ1n) is 10.2. The van der Waals surface area contributed by atoms with E-state index in [4.69, 9.17) is 0 Å². The van der Waals surface area contributed by atoms with E-state index in [1.807, 2.05) is 35.2 Å². The fourth-order valence-corrected chi connectivity index (χ4v) is 4.74. The Labute approximate surface area is 175 Å². The van der Waals surface area contributed by atoms with Gasteiger partial charge in [-0.25, -0.2) is 10.9 Å². The summed E-state index contributed by atoms with van der Waals surface area (Å²) < 4.78 is 0. The topological polar surface area (TPSA) is 77.5 Å². The maximum atomic E-state index is 13.4. The van der Waals surface area contributed by atoms with E-state index in [0.717, 1.165) is 16.7 Å². The summed E-state index contributed by atoms with van der Waals surface area (Å²) in [5, 5.41) is 10.5. The molecule has 3 N–H and O–H groups in total. The second kappa shape index (κ2) is 7.55. The van der Waals surface area contributed by atoms with Crippen molar-refractivity contribution in [2.24, 2.45) is 5.92 Å². The Bertz CT molecular complexity index is 1050. The Balaban J connectivity index is 1.58. The molecule has 2 saturated heterocycles.